The van der Waals surface area contributed by atoms with Crippen LogP contribution in [0.25, 0.3) is 11.1 Å². The van der Waals surface area contributed by atoms with Crippen molar-refractivity contribution in [1.82, 2.24) is 15.1 Å². The van der Waals surface area contributed by atoms with Crippen molar-refractivity contribution in [3.63, 3.8) is 0 Å². The third kappa shape index (κ3) is 8.42. The SMILES string of the molecule is CC/C(=C(\c1ccc(O)cc1)c1ccc(OCCCCCN2CCN(c3ccc4c(c3)CN([C@H]3CCC(=O)NC3O)C4=O)CC2)cc1)c1ccccc1. The summed E-state index contributed by atoms with van der Waals surface area (Å²) in [6, 6.07) is 32.0. The van der Waals surface area contributed by atoms with E-state index in [1.807, 2.05) is 30.3 Å². The standard InChI is InChI=1S/C44H50N4O5/c1-2-38(31-9-5-3-6-10-31)42(32-11-16-36(49)17-12-32)33-13-18-37(19-14-33)53-28-8-4-7-23-46-24-26-47(27-25-46)35-15-20-39-34(29-35)30-48(44(39)52)40-21-22-41(50)45-43(40)51/h3,5-6,9-20,29,40,43,49,51H,2,4,7-8,21-28,30H2,1H3,(H,45,50)/b42-38-/t40-,43?/m0/s1. The number of anilines is 1. The highest BCUT2D eigenvalue weighted by Gasteiger charge is 2.39. The van der Waals surface area contributed by atoms with Crippen molar-refractivity contribution >= 4 is 28.6 Å². The molecule has 2 atom stereocenters. The number of nitrogens with one attached hydrogen (secondary N) is 1. The number of rotatable bonds is 13. The maximum absolute atomic E-state index is 13.1. The van der Waals surface area contributed by atoms with Gasteiger partial charge >= 0.3 is 0 Å². The summed E-state index contributed by atoms with van der Waals surface area (Å²) < 4.78 is 6.16. The molecule has 0 aromatic heterocycles. The highest BCUT2D eigenvalue weighted by molar-refractivity contribution is 6.00. The zero-order valence-corrected chi connectivity index (χ0v) is 30.5. The lowest BCUT2D eigenvalue weighted by molar-refractivity contribution is -0.129. The smallest absolute Gasteiger partial charge is 0.254 e. The molecule has 2 amide bonds. The second-order valence-electron chi connectivity index (χ2n) is 14.3. The molecule has 4 aromatic rings. The first-order chi connectivity index (χ1) is 25.9. The van der Waals surface area contributed by atoms with Crippen LogP contribution in [0.15, 0.2) is 97.1 Å². The quantitative estimate of drug-likeness (QED) is 0.105. The number of benzene rings is 4. The molecule has 3 aliphatic rings. The molecule has 0 radical (unpaired) electrons. The molecule has 0 bridgehead atoms. The van der Waals surface area contributed by atoms with Crippen LogP contribution in [0.5, 0.6) is 11.5 Å². The third-order valence-corrected chi connectivity index (χ3v) is 10.9. The van der Waals surface area contributed by atoms with Gasteiger partial charge in [-0.3, -0.25) is 14.5 Å². The first kappa shape index (κ1) is 36.2. The second-order valence-corrected chi connectivity index (χ2v) is 14.3. The number of aliphatic hydroxyl groups is 1. The Labute approximate surface area is 312 Å². The van der Waals surface area contributed by atoms with Crippen molar-refractivity contribution in [2.45, 2.75) is 64.3 Å². The summed E-state index contributed by atoms with van der Waals surface area (Å²) in [5, 5.41) is 22.9. The monoisotopic (exact) mass is 714 g/mol. The molecule has 3 N–H and O–H groups in total. The fourth-order valence-electron chi connectivity index (χ4n) is 7.95. The Morgan fingerprint density at radius 3 is 2.25 bits per heavy atom. The summed E-state index contributed by atoms with van der Waals surface area (Å²) in [7, 11) is 0. The van der Waals surface area contributed by atoms with Crippen LogP contribution < -0.4 is 15.0 Å². The van der Waals surface area contributed by atoms with Crippen LogP contribution in [0.3, 0.4) is 0 Å². The number of phenols is 1. The van der Waals surface area contributed by atoms with E-state index in [4.69, 9.17) is 4.74 Å². The summed E-state index contributed by atoms with van der Waals surface area (Å²) in [5.41, 5.74) is 8.63. The van der Waals surface area contributed by atoms with Crippen molar-refractivity contribution in [2.75, 3.05) is 44.2 Å². The maximum atomic E-state index is 13.1. The first-order valence-electron chi connectivity index (χ1n) is 19.1. The van der Waals surface area contributed by atoms with Crippen molar-refractivity contribution < 1.29 is 24.5 Å². The lowest BCUT2D eigenvalue weighted by atomic mass is 9.88. The van der Waals surface area contributed by atoms with E-state index in [9.17, 15) is 19.8 Å². The van der Waals surface area contributed by atoms with Gasteiger partial charge in [0.25, 0.3) is 5.91 Å². The highest BCUT2D eigenvalue weighted by Crippen LogP contribution is 2.36. The van der Waals surface area contributed by atoms with E-state index in [0.29, 0.717) is 31.6 Å². The third-order valence-electron chi connectivity index (χ3n) is 10.9. The van der Waals surface area contributed by atoms with Gasteiger partial charge in [0.2, 0.25) is 5.91 Å². The molecule has 4 aromatic carbocycles. The van der Waals surface area contributed by atoms with Gasteiger partial charge in [0.05, 0.1) is 12.6 Å². The number of aliphatic hydroxyl groups excluding tert-OH is 1. The summed E-state index contributed by atoms with van der Waals surface area (Å²) in [6.07, 6.45) is 3.89. The molecule has 2 saturated heterocycles. The molecule has 3 heterocycles. The van der Waals surface area contributed by atoms with Crippen molar-refractivity contribution in [2.24, 2.45) is 0 Å². The van der Waals surface area contributed by atoms with Gasteiger partial charge in [-0.1, -0.05) is 61.5 Å². The molecule has 1 unspecified atom stereocenters. The number of piperidine rings is 1. The van der Waals surface area contributed by atoms with Gasteiger partial charge in [0.1, 0.15) is 17.7 Å². The van der Waals surface area contributed by atoms with Gasteiger partial charge in [0, 0.05) is 50.4 Å². The number of piperazine rings is 1. The van der Waals surface area contributed by atoms with E-state index in [2.05, 4.69) is 76.6 Å². The number of allylic oxidation sites excluding steroid dienone is 1. The van der Waals surface area contributed by atoms with Crippen LogP contribution in [0.2, 0.25) is 0 Å². The number of amides is 2. The van der Waals surface area contributed by atoms with E-state index in [1.165, 1.54) is 11.1 Å². The van der Waals surface area contributed by atoms with Gasteiger partial charge in [0.15, 0.2) is 0 Å². The van der Waals surface area contributed by atoms with E-state index < -0.39 is 12.3 Å². The number of hydrogen-bond donors (Lipinski definition) is 3. The van der Waals surface area contributed by atoms with Crippen LogP contribution in [0.1, 0.15) is 78.1 Å². The van der Waals surface area contributed by atoms with Crippen LogP contribution in [-0.4, -0.2) is 83.4 Å². The Kier molecular flexibility index (Phi) is 11.4. The maximum Gasteiger partial charge on any atom is 0.254 e. The number of hydrogen-bond acceptors (Lipinski definition) is 7. The van der Waals surface area contributed by atoms with Gasteiger partial charge in [-0.2, -0.15) is 0 Å². The molecule has 7 rings (SSSR count). The Hall–Kier alpha value is -5.12. The molecule has 9 heteroatoms. The Morgan fingerprint density at radius 2 is 1.55 bits per heavy atom. The zero-order valence-electron chi connectivity index (χ0n) is 30.5. The Morgan fingerprint density at radius 1 is 0.830 bits per heavy atom. The minimum atomic E-state index is -1.03. The molecule has 2 fully saturated rings. The summed E-state index contributed by atoms with van der Waals surface area (Å²) in [6.45, 7) is 8.30. The van der Waals surface area contributed by atoms with Crippen molar-refractivity contribution in [3.8, 4) is 11.5 Å². The van der Waals surface area contributed by atoms with Crippen LogP contribution in [0, 0.1) is 0 Å². The molecule has 3 aliphatic heterocycles. The van der Waals surface area contributed by atoms with Gasteiger partial charge in [-0.15, -0.1) is 0 Å². The normalized spacial score (nSPS) is 19.5. The van der Waals surface area contributed by atoms with Gasteiger partial charge in [-0.05, 0) is 115 Å². The number of carbonyl (C=O) groups excluding carboxylic acids is 2. The van der Waals surface area contributed by atoms with E-state index in [1.54, 1.807) is 17.0 Å². The average Bonchev–Trinajstić information content (AvgIpc) is 3.51. The van der Waals surface area contributed by atoms with Crippen molar-refractivity contribution in [1.29, 1.82) is 0 Å². The lowest BCUT2D eigenvalue weighted by Crippen LogP contribution is -2.55. The van der Waals surface area contributed by atoms with Gasteiger partial charge < -0.3 is 30.1 Å². The number of phenolic OH excluding ortho intramolecular Hbond substituents is 1. The fraction of sp³-hybridized carbons (Fsp3) is 0.364. The predicted octanol–water partition coefficient (Wildman–Crippen LogP) is 6.69. The molecule has 0 spiro atoms. The highest BCUT2D eigenvalue weighted by atomic mass is 16.5. The number of ether oxygens (including phenoxy) is 1. The number of fused-ring (bicyclic) bond motifs is 1. The van der Waals surface area contributed by atoms with E-state index >= 15 is 0 Å². The predicted molar refractivity (Wildman–Crippen MR) is 209 cm³/mol. The lowest BCUT2D eigenvalue weighted by Gasteiger charge is -2.36. The summed E-state index contributed by atoms with van der Waals surface area (Å²) >= 11 is 0. The molecule has 53 heavy (non-hydrogen) atoms. The number of unbranched alkanes of at least 4 members (excludes halogenated alkanes) is 2. The molecular formula is C44H50N4O5. The van der Waals surface area contributed by atoms with Crippen LogP contribution >= 0.6 is 0 Å². The van der Waals surface area contributed by atoms with Crippen LogP contribution in [-0.2, 0) is 11.3 Å². The zero-order chi connectivity index (χ0) is 36.7. The number of nitrogens with zero attached hydrogens (tertiary/aromatic N) is 3. The Balaban J connectivity index is 0.851. The van der Waals surface area contributed by atoms with E-state index in [0.717, 1.165) is 92.1 Å². The minimum Gasteiger partial charge on any atom is -0.508 e. The summed E-state index contributed by atoms with van der Waals surface area (Å²) in [5.74, 6) is 0.885. The number of aromatic hydroxyl groups is 1. The minimum absolute atomic E-state index is 0.0714. The average molecular weight is 715 g/mol. The largest absolute Gasteiger partial charge is 0.508 e. The Bertz CT molecular complexity index is 1900. The van der Waals surface area contributed by atoms with Crippen molar-refractivity contribution in [3.05, 3.63) is 125 Å². The molecule has 0 aliphatic carbocycles. The molecule has 9 nitrogen and oxygen atoms in total. The molecule has 0 saturated carbocycles. The molecular weight excluding hydrogens is 665 g/mol. The van der Waals surface area contributed by atoms with E-state index in [-0.39, 0.29) is 17.6 Å². The molecule has 276 valence electrons. The number of carbonyl (C=O) groups is 2. The summed E-state index contributed by atoms with van der Waals surface area (Å²) in [4.78, 5) is 31.4. The van der Waals surface area contributed by atoms with Gasteiger partial charge in [-0.25, -0.2) is 0 Å². The van der Waals surface area contributed by atoms with Crippen LogP contribution in [0.4, 0.5) is 5.69 Å². The topological polar surface area (TPSA) is 106 Å². The second kappa shape index (κ2) is 16.7. The first-order valence-corrected chi connectivity index (χ1v) is 19.1. The fourth-order valence-corrected chi connectivity index (χ4v) is 7.95.